The van der Waals surface area contributed by atoms with Gasteiger partial charge in [0.25, 0.3) is 0 Å². The van der Waals surface area contributed by atoms with Crippen LogP contribution in [0.4, 0.5) is 0 Å². The van der Waals surface area contributed by atoms with Crippen molar-refractivity contribution in [2.45, 2.75) is 283 Å². The molecule has 428 valence electrons. The van der Waals surface area contributed by atoms with Crippen molar-refractivity contribution in [3.63, 3.8) is 0 Å². The molecule has 0 fully saturated rings. The molecule has 0 amide bonds. The lowest BCUT2D eigenvalue weighted by Crippen LogP contribution is -2.29. The predicted molar refractivity (Wildman–Crippen MR) is 316 cm³/mol. The molecule has 0 rings (SSSR count). The zero-order chi connectivity index (χ0) is 53.8. The van der Waals surface area contributed by atoms with Gasteiger partial charge in [-0.2, -0.15) is 0 Å². The molecule has 2 atom stereocenters. The van der Waals surface area contributed by atoms with Gasteiger partial charge in [0.1, 0.15) is 6.61 Å². The molecule has 0 aromatic carbocycles. The zero-order valence-electron chi connectivity index (χ0n) is 47.8. The van der Waals surface area contributed by atoms with E-state index in [1.165, 1.54) is 154 Å². The summed E-state index contributed by atoms with van der Waals surface area (Å²) in [5.41, 5.74) is 5.38. The fourth-order valence-electron chi connectivity index (χ4n) is 8.52. The number of carbonyl (C=O) groups is 2. The second-order valence-corrected chi connectivity index (χ2v) is 21.6. The molecule has 0 bridgehead atoms. The highest BCUT2D eigenvalue weighted by molar-refractivity contribution is 7.47. The summed E-state index contributed by atoms with van der Waals surface area (Å²) in [7, 11) is -4.39. The average Bonchev–Trinajstić information content (AvgIpc) is 3.39. The summed E-state index contributed by atoms with van der Waals surface area (Å²) in [6.07, 6.45) is 77.9. The molecular weight excluding hydrogens is 942 g/mol. The molecule has 0 aliphatic carbocycles. The quantitative estimate of drug-likeness (QED) is 0.0264. The number of hydrogen-bond donors (Lipinski definition) is 2. The van der Waals surface area contributed by atoms with Crippen LogP contribution in [0.1, 0.15) is 277 Å². The van der Waals surface area contributed by atoms with Crippen LogP contribution in [-0.4, -0.2) is 49.3 Å². The van der Waals surface area contributed by atoms with Gasteiger partial charge < -0.3 is 20.1 Å². The number of unbranched alkanes of at least 4 members (excludes halogenated alkanes) is 30. The summed E-state index contributed by atoms with van der Waals surface area (Å²) in [5, 5.41) is 0. The SMILES string of the molecule is CC/C=C\C/C=C\C/C=C\C/C=C\C/C=C\CCCCCCCCCCCCCCCCCCCCCC(=O)OC(COC(=O)CCCCCCCCC/C=C\C/C=C\CCCCCC)COP(=O)(O)OCCN. The Morgan fingerprint density at radius 2 is 0.743 bits per heavy atom. The topological polar surface area (TPSA) is 134 Å². The Kier molecular flexibility index (Phi) is 57.2. The van der Waals surface area contributed by atoms with Crippen molar-refractivity contribution in [2.75, 3.05) is 26.4 Å². The largest absolute Gasteiger partial charge is 0.472 e. The summed E-state index contributed by atoms with van der Waals surface area (Å²) in [6.45, 7) is 3.63. The third kappa shape index (κ3) is 58.5. The van der Waals surface area contributed by atoms with Crippen molar-refractivity contribution in [3.8, 4) is 0 Å². The van der Waals surface area contributed by atoms with Crippen molar-refractivity contribution in [3.05, 3.63) is 85.1 Å². The number of hydrogen-bond acceptors (Lipinski definition) is 8. The number of rotatable bonds is 57. The molecule has 74 heavy (non-hydrogen) atoms. The standard InChI is InChI=1S/C64H114NO8P/c1-3-5-7-9-11-13-15-17-19-21-23-24-25-26-27-28-29-30-31-32-33-34-35-36-37-38-39-41-43-45-47-49-51-53-55-57-64(67)73-62(61-72-74(68,69)71-59-58-65)60-70-63(66)56-54-52-50-48-46-44-42-40-22-20-18-16-14-12-10-8-6-4-2/h5,7,11,13-14,16-17,19-20,22-24,26-27,62H,3-4,6,8-10,12,15,18,21,25,28-61,65H2,1-2H3,(H,68,69)/b7-5-,13-11-,16-14-,19-17-,22-20-,24-23-,27-26-. The molecule has 9 nitrogen and oxygen atoms in total. The zero-order valence-corrected chi connectivity index (χ0v) is 48.7. The minimum absolute atomic E-state index is 0.0508. The number of phosphoric acid groups is 1. The molecule has 0 aromatic heterocycles. The predicted octanol–water partition coefficient (Wildman–Crippen LogP) is 19.5. The lowest BCUT2D eigenvalue weighted by molar-refractivity contribution is -0.161. The number of phosphoric ester groups is 1. The molecule has 0 saturated heterocycles. The van der Waals surface area contributed by atoms with Gasteiger partial charge in [-0.3, -0.25) is 18.6 Å². The van der Waals surface area contributed by atoms with Gasteiger partial charge in [0.15, 0.2) is 6.10 Å². The average molecular weight is 1060 g/mol. The Hall–Kier alpha value is -2.81. The van der Waals surface area contributed by atoms with Gasteiger partial charge in [-0.1, -0.05) is 259 Å². The highest BCUT2D eigenvalue weighted by Crippen LogP contribution is 2.43. The van der Waals surface area contributed by atoms with Crippen LogP contribution < -0.4 is 5.73 Å². The van der Waals surface area contributed by atoms with Gasteiger partial charge in [0.05, 0.1) is 13.2 Å². The van der Waals surface area contributed by atoms with Crippen LogP contribution in [0.5, 0.6) is 0 Å². The van der Waals surface area contributed by atoms with Crippen molar-refractivity contribution in [2.24, 2.45) is 5.73 Å². The van der Waals surface area contributed by atoms with Crippen LogP contribution in [0.2, 0.25) is 0 Å². The molecule has 10 heteroatoms. The third-order valence-electron chi connectivity index (χ3n) is 13.0. The highest BCUT2D eigenvalue weighted by atomic mass is 31.2. The first-order chi connectivity index (χ1) is 36.3. The molecule has 0 heterocycles. The fraction of sp³-hybridized carbons (Fsp3) is 0.750. The molecule has 2 unspecified atom stereocenters. The number of esters is 2. The Balaban J connectivity index is 3.88. The van der Waals surface area contributed by atoms with E-state index in [-0.39, 0.29) is 38.6 Å². The smallest absolute Gasteiger partial charge is 0.462 e. The fourth-order valence-corrected chi connectivity index (χ4v) is 9.28. The first kappa shape index (κ1) is 71.2. The van der Waals surface area contributed by atoms with Crippen LogP contribution in [0.25, 0.3) is 0 Å². The second kappa shape index (κ2) is 59.4. The van der Waals surface area contributed by atoms with Crippen LogP contribution in [-0.2, 0) is 32.7 Å². The van der Waals surface area contributed by atoms with Gasteiger partial charge in [-0.25, -0.2) is 4.57 Å². The van der Waals surface area contributed by atoms with Crippen molar-refractivity contribution >= 4 is 19.8 Å². The van der Waals surface area contributed by atoms with Gasteiger partial charge in [0, 0.05) is 19.4 Å². The first-order valence-corrected chi connectivity index (χ1v) is 32.1. The minimum Gasteiger partial charge on any atom is -0.462 e. The van der Waals surface area contributed by atoms with Crippen LogP contribution in [0, 0.1) is 0 Å². The Morgan fingerprint density at radius 1 is 0.419 bits per heavy atom. The summed E-state index contributed by atoms with van der Waals surface area (Å²) in [5.74, 6) is -0.830. The number of allylic oxidation sites excluding steroid dienone is 14. The lowest BCUT2D eigenvalue weighted by atomic mass is 10.0. The molecule has 0 saturated carbocycles. The van der Waals surface area contributed by atoms with Crippen LogP contribution in [0.15, 0.2) is 85.1 Å². The van der Waals surface area contributed by atoms with E-state index < -0.39 is 26.5 Å². The van der Waals surface area contributed by atoms with Crippen molar-refractivity contribution in [1.29, 1.82) is 0 Å². The number of carbonyl (C=O) groups excluding carboxylic acids is 2. The summed E-state index contributed by atoms with van der Waals surface area (Å²) in [4.78, 5) is 35.2. The van der Waals surface area contributed by atoms with E-state index in [9.17, 15) is 19.0 Å². The molecule has 0 aliphatic heterocycles. The number of ether oxygens (including phenoxy) is 2. The van der Waals surface area contributed by atoms with E-state index >= 15 is 0 Å². The highest BCUT2D eigenvalue weighted by Gasteiger charge is 2.26. The second-order valence-electron chi connectivity index (χ2n) is 20.2. The summed E-state index contributed by atoms with van der Waals surface area (Å²) in [6, 6.07) is 0. The van der Waals surface area contributed by atoms with E-state index in [0.717, 1.165) is 89.9 Å². The lowest BCUT2D eigenvalue weighted by Gasteiger charge is -2.19. The van der Waals surface area contributed by atoms with E-state index in [0.29, 0.717) is 6.42 Å². The van der Waals surface area contributed by atoms with Crippen molar-refractivity contribution in [1.82, 2.24) is 0 Å². The van der Waals surface area contributed by atoms with E-state index in [1.54, 1.807) is 0 Å². The third-order valence-corrected chi connectivity index (χ3v) is 14.0. The Morgan fingerprint density at radius 3 is 1.11 bits per heavy atom. The normalized spacial score (nSPS) is 13.6. The Labute approximate surface area is 455 Å². The van der Waals surface area contributed by atoms with Gasteiger partial charge in [-0.15, -0.1) is 0 Å². The Bertz CT molecular complexity index is 1480. The van der Waals surface area contributed by atoms with E-state index in [1.807, 2.05) is 0 Å². The van der Waals surface area contributed by atoms with Crippen LogP contribution in [0.3, 0.4) is 0 Å². The molecule has 0 spiro atoms. The van der Waals surface area contributed by atoms with E-state index in [4.69, 9.17) is 24.3 Å². The van der Waals surface area contributed by atoms with Gasteiger partial charge >= 0.3 is 19.8 Å². The summed E-state index contributed by atoms with van der Waals surface area (Å²) >= 11 is 0. The van der Waals surface area contributed by atoms with Crippen LogP contribution >= 0.6 is 7.82 Å². The molecule has 0 aromatic rings. The number of nitrogens with two attached hydrogens (primary N) is 1. The molecular formula is C64H114NO8P. The summed E-state index contributed by atoms with van der Waals surface area (Å²) < 4.78 is 33.0. The molecule has 0 aliphatic rings. The maximum Gasteiger partial charge on any atom is 0.472 e. The molecule has 0 radical (unpaired) electrons. The maximum atomic E-state index is 12.7. The van der Waals surface area contributed by atoms with Gasteiger partial charge in [0.2, 0.25) is 0 Å². The van der Waals surface area contributed by atoms with Crippen molar-refractivity contribution < 1.29 is 37.6 Å². The monoisotopic (exact) mass is 1060 g/mol. The first-order valence-electron chi connectivity index (χ1n) is 30.6. The maximum absolute atomic E-state index is 12.7. The molecule has 3 N–H and O–H groups in total. The van der Waals surface area contributed by atoms with Gasteiger partial charge in [-0.05, 0) is 89.9 Å². The van der Waals surface area contributed by atoms with E-state index in [2.05, 4.69) is 98.9 Å². The minimum atomic E-state index is -4.39.